The molecule has 1 aromatic carbocycles. The fourth-order valence-corrected chi connectivity index (χ4v) is 2.78. The van der Waals surface area contributed by atoms with Crippen molar-refractivity contribution in [1.82, 2.24) is 20.5 Å². The van der Waals surface area contributed by atoms with E-state index < -0.39 is 12.0 Å². The summed E-state index contributed by atoms with van der Waals surface area (Å²) in [4.78, 5) is 27.0. The summed E-state index contributed by atoms with van der Waals surface area (Å²) in [6.07, 6.45) is -0.310. The Balaban J connectivity index is 1.99. The summed E-state index contributed by atoms with van der Waals surface area (Å²) < 4.78 is 5.55. The first-order valence-corrected chi connectivity index (χ1v) is 8.88. The van der Waals surface area contributed by atoms with Gasteiger partial charge in [-0.25, -0.2) is 5.10 Å². The number of hydrogen-bond donors (Lipinski definition) is 3. The quantitative estimate of drug-likeness (QED) is 0.527. The molecule has 0 aliphatic rings. The van der Waals surface area contributed by atoms with Gasteiger partial charge in [0.25, 0.3) is 0 Å². The van der Waals surface area contributed by atoms with Crippen LogP contribution in [0.2, 0.25) is 0 Å². The van der Waals surface area contributed by atoms with E-state index in [1.54, 1.807) is 24.3 Å². The fourth-order valence-electron chi connectivity index (χ4n) is 2.16. The number of aromatic nitrogens is 3. The van der Waals surface area contributed by atoms with Crippen molar-refractivity contribution in [2.75, 3.05) is 11.5 Å². The Morgan fingerprint density at radius 2 is 2.04 bits per heavy atom. The largest absolute Gasteiger partial charge is 0.550 e. The molecule has 0 spiro atoms. The summed E-state index contributed by atoms with van der Waals surface area (Å²) in [7, 11) is 0. The lowest BCUT2D eigenvalue weighted by Crippen LogP contribution is -2.35. The summed E-state index contributed by atoms with van der Waals surface area (Å²) in [5, 5.41) is 20.3. The number of ether oxygens (including phenoxy) is 1. The highest BCUT2D eigenvalue weighted by atomic mass is 32.2. The minimum absolute atomic E-state index is 0.0232. The predicted molar refractivity (Wildman–Crippen MR) is 94.2 cm³/mol. The molecule has 140 valence electrons. The average Bonchev–Trinajstić information content (AvgIpc) is 2.97. The number of benzene rings is 1. The highest BCUT2D eigenvalue weighted by molar-refractivity contribution is 7.99. The van der Waals surface area contributed by atoms with Crippen LogP contribution in [0.15, 0.2) is 29.4 Å². The average molecular weight is 378 g/mol. The van der Waals surface area contributed by atoms with Crippen molar-refractivity contribution in [3.05, 3.63) is 29.8 Å². The molecule has 9 nitrogen and oxygen atoms in total. The van der Waals surface area contributed by atoms with E-state index in [2.05, 4.69) is 20.5 Å². The molecule has 0 fully saturated rings. The number of nitrogens with two attached hydrogens (primary N) is 1. The highest BCUT2D eigenvalue weighted by Gasteiger charge is 2.16. The predicted octanol–water partition coefficient (Wildman–Crippen LogP) is 0.264. The van der Waals surface area contributed by atoms with Crippen molar-refractivity contribution in [1.29, 1.82) is 0 Å². The van der Waals surface area contributed by atoms with Crippen LogP contribution in [0.25, 0.3) is 0 Å². The zero-order valence-electron chi connectivity index (χ0n) is 14.4. The third-order valence-electron chi connectivity index (χ3n) is 3.17. The van der Waals surface area contributed by atoms with Crippen molar-refractivity contribution in [3.8, 4) is 5.75 Å². The van der Waals surface area contributed by atoms with E-state index in [1.165, 1.54) is 0 Å². The van der Waals surface area contributed by atoms with Crippen LogP contribution in [-0.4, -0.2) is 38.9 Å². The summed E-state index contributed by atoms with van der Waals surface area (Å²) in [5.41, 5.74) is 6.06. The van der Waals surface area contributed by atoms with Crippen LogP contribution in [0.4, 0.5) is 5.95 Å². The minimum atomic E-state index is -1.26. The van der Waals surface area contributed by atoms with Crippen LogP contribution < -0.4 is 20.9 Å². The zero-order valence-corrected chi connectivity index (χ0v) is 15.2. The second kappa shape index (κ2) is 9.09. The molecule has 2 rings (SSSR count). The van der Waals surface area contributed by atoms with Gasteiger partial charge < -0.3 is 25.7 Å². The van der Waals surface area contributed by atoms with Gasteiger partial charge in [-0.15, -0.1) is 5.10 Å². The van der Waals surface area contributed by atoms with Crippen LogP contribution in [0.5, 0.6) is 5.75 Å². The monoisotopic (exact) mass is 378 g/mol. The van der Waals surface area contributed by atoms with Gasteiger partial charge in [0.1, 0.15) is 5.75 Å². The number of amides is 1. The van der Waals surface area contributed by atoms with Crippen LogP contribution in [0.3, 0.4) is 0 Å². The lowest BCUT2D eigenvalue weighted by Gasteiger charge is -2.20. The zero-order chi connectivity index (χ0) is 19.1. The van der Waals surface area contributed by atoms with Crippen LogP contribution in [0.1, 0.15) is 31.9 Å². The van der Waals surface area contributed by atoms with Crippen molar-refractivity contribution in [2.24, 2.45) is 0 Å². The van der Waals surface area contributed by atoms with E-state index in [-0.39, 0.29) is 30.1 Å². The first-order valence-electron chi connectivity index (χ1n) is 7.90. The van der Waals surface area contributed by atoms with Gasteiger partial charge >= 0.3 is 0 Å². The summed E-state index contributed by atoms with van der Waals surface area (Å²) in [6, 6.07) is 6.19. The number of carboxylic acid groups (broad SMARTS) is 1. The SMILES string of the molecule is CC(C)Oc1ccc([C@H](CC(=O)[O-])NC(=O)CSc2n[nH]c(N)n2)cc1. The third kappa shape index (κ3) is 6.28. The Labute approximate surface area is 154 Å². The molecule has 10 heteroatoms. The van der Waals surface area contributed by atoms with Gasteiger partial charge in [0.05, 0.1) is 17.9 Å². The summed E-state index contributed by atoms with van der Waals surface area (Å²) in [6.45, 7) is 3.82. The van der Waals surface area contributed by atoms with Gasteiger partial charge in [-0.3, -0.25) is 4.79 Å². The number of anilines is 1. The van der Waals surface area contributed by atoms with E-state index in [0.29, 0.717) is 16.5 Å². The lowest BCUT2D eigenvalue weighted by molar-refractivity contribution is -0.306. The summed E-state index contributed by atoms with van der Waals surface area (Å²) >= 11 is 1.09. The van der Waals surface area contributed by atoms with Gasteiger partial charge in [0.2, 0.25) is 17.0 Å². The van der Waals surface area contributed by atoms with Crippen molar-refractivity contribution in [3.63, 3.8) is 0 Å². The van der Waals surface area contributed by atoms with E-state index in [9.17, 15) is 14.7 Å². The molecule has 2 aromatic rings. The van der Waals surface area contributed by atoms with E-state index in [1.807, 2.05) is 13.8 Å². The Morgan fingerprint density at radius 3 is 2.58 bits per heavy atom. The van der Waals surface area contributed by atoms with Gasteiger partial charge in [0.15, 0.2) is 0 Å². The van der Waals surface area contributed by atoms with Gasteiger partial charge in [-0.05, 0) is 31.5 Å². The van der Waals surface area contributed by atoms with E-state index in [0.717, 1.165) is 11.8 Å². The number of nitrogen functional groups attached to an aromatic ring is 1. The van der Waals surface area contributed by atoms with Gasteiger partial charge in [-0.1, -0.05) is 23.9 Å². The number of hydrogen-bond acceptors (Lipinski definition) is 8. The topological polar surface area (TPSA) is 146 Å². The number of rotatable bonds is 9. The maximum Gasteiger partial charge on any atom is 0.230 e. The number of aromatic amines is 1. The Kier molecular flexibility index (Phi) is 6.84. The molecular weight excluding hydrogens is 358 g/mol. The van der Waals surface area contributed by atoms with Crippen molar-refractivity contribution >= 4 is 29.6 Å². The first kappa shape index (κ1) is 19.6. The van der Waals surface area contributed by atoms with Crippen molar-refractivity contribution in [2.45, 2.75) is 37.6 Å². The molecule has 0 aliphatic heterocycles. The standard InChI is InChI=1S/C16H21N5O4S/c1-9(2)25-11-5-3-10(4-6-11)12(7-14(23)24)18-13(22)8-26-16-19-15(17)20-21-16/h3-6,9,12H,7-8H2,1-2H3,(H,18,22)(H,23,24)(H3,17,19,20,21)/p-1/t12-/m0/s1. The van der Waals surface area contributed by atoms with Crippen molar-refractivity contribution < 1.29 is 19.4 Å². The molecule has 0 aliphatic carbocycles. The Bertz CT molecular complexity index is 747. The maximum absolute atomic E-state index is 12.1. The lowest BCUT2D eigenvalue weighted by atomic mass is 10.0. The molecule has 1 aromatic heterocycles. The molecule has 0 radical (unpaired) electrons. The smallest absolute Gasteiger partial charge is 0.230 e. The Morgan fingerprint density at radius 1 is 1.35 bits per heavy atom. The molecule has 0 saturated heterocycles. The maximum atomic E-state index is 12.1. The molecular formula is C16H20N5O4S-. The second-order valence-corrected chi connectivity index (χ2v) is 6.67. The van der Waals surface area contributed by atoms with Gasteiger partial charge in [0, 0.05) is 12.4 Å². The molecule has 4 N–H and O–H groups in total. The second-order valence-electron chi connectivity index (χ2n) is 5.72. The molecule has 1 atom stereocenters. The summed E-state index contributed by atoms with van der Waals surface area (Å²) in [5.74, 6) is -0.763. The van der Waals surface area contributed by atoms with Crippen LogP contribution >= 0.6 is 11.8 Å². The first-order chi connectivity index (χ1) is 12.3. The number of carbonyl (C=O) groups is 2. The molecule has 1 heterocycles. The number of carboxylic acids is 1. The molecule has 0 bridgehead atoms. The normalized spacial score (nSPS) is 12.0. The number of carbonyl (C=O) groups excluding carboxylic acids is 2. The number of nitrogens with one attached hydrogen (secondary N) is 2. The van der Waals surface area contributed by atoms with E-state index in [4.69, 9.17) is 10.5 Å². The van der Waals surface area contributed by atoms with Crippen LogP contribution in [-0.2, 0) is 9.59 Å². The fraction of sp³-hybridized carbons (Fsp3) is 0.375. The van der Waals surface area contributed by atoms with E-state index >= 15 is 0 Å². The number of thioether (sulfide) groups is 1. The molecule has 0 saturated carbocycles. The molecule has 0 unspecified atom stereocenters. The molecule has 26 heavy (non-hydrogen) atoms. The number of H-pyrrole nitrogens is 1. The Hall–Kier alpha value is -2.75. The van der Waals surface area contributed by atoms with Crippen LogP contribution in [0, 0.1) is 0 Å². The minimum Gasteiger partial charge on any atom is -0.550 e. The molecule has 1 amide bonds. The number of aliphatic carboxylic acids is 1. The highest BCUT2D eigenvalue weighted by Crippen LogP contribution is 2.21. The van der Waals surface area contributed by atoms with Gasteiger partial charge in [-0.2, -0.15) is 4.98 Å². The number of nitrogens with zero attached hydrogens (tertiary/aromatic N) is 2. The third-order valence-corrected chi connectivity index (χ3v) is 4.02.